The van der Waals surface area contributed by atoms with Crippen LogP contribution in [0, 0.1) is 10.1 Å². The highest BCUT2D eigenvalue weighted by Gasteiger charge is 2.32. The van der Waals surface area contributed by atoms with E-state index in [4.69, 9.17) is 25.6 Å². The minimum atomic E-state index is -4.66. The number of nitrogens with zero attached hydrogens (tertiary/aromatic N) is 2. The van der Waals surface area contributed by atoms with Gasteiger partial charge in [0.25, 0.3) is 5.69 Å². The van der Waals surface area contributed by atoms with E-state index in [1.165, 1.54) is 0 Å². The van der Waals surface area contributed by atoms with E-state index in [-0.39, 0.29) is 35.3 Å². The fourth-order valence-corrected chi connectivity index (χ4v) is 3.71. The molecule has 1 atom stereocenters. The average Bonchev–Trinajstić information content (AvgIpc) is 2.74. The van der Waals surface area contributed by atoms with E-state index < -0.39 is 48.2 Å². The van der Waals surface area contributed by atoms with Crippen molar-refractivity contribution in [3.8, 4) is 11.6 Å². The van der Waals surface area contributed by atoms with Crippen LogP contribution in [0.15, 0.2) is 24.4 Å². The van der Waals surface area contributed by atoms with Crippen LogP contribution in [-0.2, 0) is 31.2 Å². The van der Waals surface area contributed by atoms with Gasteiger partial charge in [-0.15, -0.1) is 0 Å². The van der Waals surface area contributed by atoms with Crippen LogP contribution < -0.4 is 10.0 Å². The number of hydrogen-bond donors (Lipinski definition) is 0. The first-order chi connectivity index (χ1) is 15.5. The lowest BCUT2D eigenvalue weighted by Crippen LogP contribution is -2.11. The predicted molar refractivity (Wildman–Crippen MR) is 112 cm³/mol. The molecule has 33 heavy (non-hydrogen) atoms. The number of carbonyl (C=O) groups excluding carboxylic acids is 1. The maximum atomic E-state index is 12.8. The van der Waals surface area contributed by atoms with Gasteiger partial charge in [0.1, 0.15) is 16.1 Å². The van der Waals surface area contributed by atoms with E-state index in [9.17, 15) is 32.6 Å². The number of rotatable bonds is 10. The van der Waals surface area contributed by atoms with Crippen molar-refractivity contribution < 1.29 is 41.5 Å². The van der Waals surface area contributed by atoms with Crippen LogP contribution in [0.25, 0.3) is 0 Å². The van der Waals surface area contributed by atoms with Crippen LogP contribution in [0.5, 0.6) is 11.6 Å². The second kappa shape index (κ2) is 11.4. The molecule has 0 aliphatic carbocycles. The molecule has 0 bridgehead atoms. The van der Waals surface area contributed by atoms with Crippen molar-refractivity contribution in [1.82, 2.24) is 4.98 Å². The van der Waals surface area contributed by atoms with Gasteiger partial charge in [-0.1, -0.05) is 25.4 Å². The average molecular weight is 511 g/mol. The Bertz CT molecular complexity index is 1070. The molecule has 0 spiro atoms. The van der Waals surface area contributed by atoms with Crippen LogP contribution in [0.2, 0.25) is 5.02 Å². The van der Waals surface area contributed by atoms with E-state index in [1.54, 1.807) is 13.8 Å². The van der Waals surface area contributed by atoms with Crippen LogP contribution in [0.1, 0.15) is 37.8 Å². The van der Waals surface area contributed by atoms with Gasteiger partial charge in [0, 0.05) is 30.3 Å². The summed E-state index contributed by atoms with van der Waals surface area (Å²) in [5.74, 6) is -1.03. The first kappa shape index (κ1) is 26.6. The summed E-state index contributed by atoms with van der Waals surface area (Å²) < 4.78 is 66.3. The molecule has 1 unspecified atom stereocenters. The van der Waals surface area contributed by atoms with Gasteiger partial charge in [0.2, 0.25) is 13.9 Å². The topological polar surface area (TPSA) is 118 Å². The number of hydrogen-bond acceptors (Lipinski definition) is 8. The number of aryl methyl sites for hydroxylation is 1. The standard InChI is InChI=1S/C19H19ClF3N2O7P/c1-3-5-17(26)30-10-31-33(29)16-8-15(11(4-2)6-14(16)25(27)28)32-18-13(20)7-12(9-24-18)19(21,22)23/h6-9,33H,3-5,10H2,1-2H3. The Morgan fingerprint density at radius 2 is 1.97 bits per heavy atom. The quantitative estimate of drug-likeness (QED) is 0.136. The first-order valence-electron chi connectivity index (χ1n) is 9.52. The third-order valence-electron chi connectivity index (χ3n) is 4.18. The minimum Gasteiger partial charge on any atom is -0.438 e. The molecule has 2 rings (SSSR count). The van der Waals surface area contributed by atoms with Gasteiger partial charge in [-0.3, -0.25) is 24.0 Å². The summed E-state index contributed by atoms with van der Waals surface area (Å²) in [6.45, 7) is 2.73. The SMILES string of the molecule is CCCC(=O)OCO[PH](=O)c1cc(Oc2ncc(C(F)(F)F)cc2Cl)c(CC)cc1[N+](=O)[O-]. The number of ether oxygens (including phenoxy) is 2. The third kappa shape index (κ3) is 7.15. The number of alkyl halides is 3. The Labute approximate surface area is 191 Å². The van der Waals surface area contributed by atoms with Crippen molar-refractivity contribution in [1.29, 1.82) is 0 Å². The zero-order chi connectivity index (χ0) is 24.8. The molecule has 0 fully saturated rings. The zero-order valence-corrected chi connectivity index (χ0v) is 19.2. The number of nitro groups is 1. The second-order valence-electron chi connectivity index (χ2n) is 6.51. The van der Waals surface area contributed by atoms with Crippen molar-refractivity contribution in [2.45, 2.75) is 39.3 Å². The summed E-state index contributed by atoms with van der Waals surface area (Å²) in [6, 6.07) is 2.80. The molecule has 1 aromatic heterocycles. The molecule has 1 heterocycles. The van der Waals surface area contributed by atoms with E-state index in [1.807, 2.05) is 0 Å². The summed E-state index contributed by atoms with van der Waals surface area (Å²) in [5, 5.41) is 10.7. The fraction of sp³-hybridized carbons (Fsp3) is 0.368. The fourth-order valence-electron chi connectivity index (χ4n) is 2.56. The maximum absolute atomic E-state index is 12.8. The van der Waals surface area contributed by atoms with Crippen LogP contribution in [-0.4, -0.2) is 22.7 Å². The van der Waals surface area contributed by atoms with E-state index in [0.29, 0.717) is 18.7 Å². The number of benzene rings is 1. The van der Waals surface area contributed by atoms with Gasteiger partial charge >= 0.3 is 12.1 Å². The molecule has 14 heteroatoms. The lowest BCUT2D eigenvalue weighted by molar-refractivity contribution is -0.383. The molecule has 0 N–H and O–H groups in total. The van der Waals surface area contributed by atoms with E-state index >= 15 is 0 Å². The molecule has 9 nitrogen and oxygen atoms in total. The summed E-state index contributed by atoms with van der Waals surface area (Å²) in [6.07, 6.45) is -3.27. The smallest absolute Gasteiger partial charge is 0.417 e. The molecule has 180 valence electrons. The number of aromatic nitrogens is 1. The molecular formula is C19H19ClF3N2O7P. The number of carbonyl (C=O) groups is 1. The van der Waals surface area contributed by atoms with Gasteiger partial charge in [0.15, 0.2) is 6.79 Å². The predicted octanol–water partition coefficient (Wildman–Crippen LogP) is 5.43. The molecule has 0 aliphatic rings. The highest BCUT2D eigenvalue weighted by atomic mass is 35.5. The lowest BCUT2D eigenvalue weighted by Gasteiger charge is -2.14. The molecule has 0 saturated carbocycles. The Hall–Kier alpha value is -2.69. The Balaban J connectivity index is 2.36. The molecule has 1 aromatic carbocycles. The van der Waals surface area contributed by atoms with Gasteiger partial charge in [-0.25, -0.2) is 4.98 Å². The van der Waals surface area contributed by atoms with Gasteiger partial charge in [0.05, 0.1) is 10.5 Å². The van der Waals surface area contributed by atoms with Crippen LogP contribution >= 0.6 is 19.6 Å². The van der Waals surface area contributed by atoms with Gasteiger partial charge in [-0.2, -0.15) is 13.2 Å². The minimum absolute atomic E-state index is 0.0582. The normalized spacial score (nSPS) is 12.3. The Morgan fingerprint density at radius 1 is 1.27 bits per heavy atom. The van der Waals surface area contributed by atoms with Crippen molar-refractivity contribution in [2.75, 3.05) is 6.79 Å². The Kier molecular flexibility index (Phi) is 9.21. The monoisotopic (exact) mass is 510 g/mol. The molecule has 0 saturated heterocycles. The molecule has 0 amide bonds. The number of nitro benzene ring substituents is 1. The highest BCUT2D eigenvalue weighted by Crippen LogP contribution is 2.38. The van der Waals surface area contributed by atoms with Gasteiger partial charge < -0.3 is 9.47 Å². The van der Waals surface area contributed by atoms with Crippen LogP contribution in [0.3, 0.4) is 0 Å². The molecule has 0 aliphatic heterocycles. The Morgan fingerprint density at radius 3 is 2.52 bits per heavy atom. The summed E-state index contributed by atoms with van der Waals surface area (Å²) >= 11 is 5.86. The van der Waals surface area contributed by atoms with Crippen molar-refractivity contribution in [3.05, 3.63) is 50.7 Å². The van der Waals surface area contributed by atoms with E-state index in [0.717, 1.165) is 12.1 Å². The summed E-state index contributed by atoms with van der Waals surface area (Å²) in [5.41, 5.74) is -1.32. The summed E-state index contributed by atoms with van der Waals surface area (Å²) in [7, 11) is -3.28. The van der Waals surface area contributed by atoms with Crippen LogP contribution in [0.4, 0.5) is 18.9 Å². The third-order valence-corrected chi connectivity index (χ3v) is 5.67. The zero-order valence-electron chi connectivity index (χ0n) is 17.4. The number of halogens is 4. The first-order valence-corrected chi connectivity index (χ1v) is 11.2. The van der Waals surface area contributed by atoms with Gasteiger partial charge in [-0.05, 0) is 18.9 Å². The molecule has 0 radical (unpaired) electrons. The molecular weight excluding hydrogens is 492 g/mol. The van der Waals surface area contributed by atoms with Crippen molar-refractivity contribution in [3.63, 3.8) is 0 Å². The number of pyridine rings is 1. The molecule has 2 aromatic rings. The lowest BCUT2D eigenvalue weighted by atomic mass is 10.1. The van der Waals surface area contributed by atoms with Crippen molar-refractivity contribution in [2.24, 2.45) is 0 Å². The number of esters is 1. The largest absolute Gasteiger partial charge is 0.438 e. The maximum Gasteiger partial charge on any atom is 0.417 e. The highest BCUT2D eigenvalue weighted by molar-refractivity contribution is 7.48. The second-order valence-corrected chi connectivity index (χ2v) is 8.32. The van der Waals surface area contributed by atoms with Crippen molar-refractivity contribution >= 4 is 36.6 Å². The van der Waals surface area contributed by atoms with E-state index in [2.05, 4.69) is 4.98 Å². The summed E-state index contributed by atoms with van der Waals surface area (Å²) in [4.78, 5) is 25.7.